The van der Waals surface area contributed by atoms with Crippen LogP contribution in [0.15, 0.2) is 18.5 Å². The third-order valence-corrected chi connectivity index (χ3v) is 3.01. The number of hydrogen-bond donors (Lipinski definition) is 2. The summed E-state index contributed by atoms with van der Waals surface area (Å²) < 4.78 is 0. The zero-order valence-corrected chi connectivity index (χ0v) is 11.0. The highest BCUT2D eigenvalue weighted by atomic mass is 16.4. The summed E-state index contributed by atoms with van der Waals surface area (Å²) >= 11 is 0. The van der Waals surface area contributed by atoms with Gasteiger partial charge in [-0.3, -0.25) is 24.7 Å². The van der Waals surface area contributed by atoms with Gasteiger partial charge in [-0.2, -0.15) is 0 Å². The van der Waals surface area contributed by atoms with E-state index < -0.39 is 5.97 Å². The van der Waals surface area contributed by atoms with Crippen LogP contribution in [-0.4, -0.2) is 76.0 Å². The number of piperazine rings is 1. The number of aliphatic carboxylic acids is 1. The summed E-state index contributed by atoms with van der Waals surface area (Å²) in [6.07, 6.45) is 3.13. The largest absolute Gasteiger partial charge is 0.480 e. The third-order valence-electron chi connectivity index (χ3n) is 3.01. The molecule has 2 rings (SSSR count). The summed E-state index contributed by atoms with van der Waals surface area (Å²) in [7, 11) is 0. The summed E-state index contributed by atoms with van der Waals surface area (Å²) in [4.78, 5) is 34.1. The van der Waals surface area contributed by atoms with Crippen molar-refractivity contribution in [1.29, 1.82) is 0 Å². The molecule has 1 fully saturated rings. The van der Waals surface area contributed by atoms with Crippen molar-refractivity contribution in [3.63, 3.8) is 0 Å². The molecule has 108 valence electrons. The van der Waals surface area contributed by atoms with Gasteiger partial charge in [0, 0.05) is 38.6 Å². The lowest BCUT2D eigenvalue weighted by molar-refractivity contribution is -0.139. The highest BCUT2D eigenvalue weighted by Gasteiger charge is 2.20. The van der Waals surface area contributed by atoms with E-state index in [9.17, 15) is 9.59 Å². The lowest BCUT2D eigenvalue weighted by Crippen LogP contribution is -2.49. The molecule has 8 nitrogen and oxygen atoms in total. The maximum atomic E-state index is 11.8. The van der Waals surface area contributed by atoms with Gasteiger partial charge in [0.2, 0.25) is 11.9 Å². The van der Waals surface area contributed by atoms with E-state index in [1.165, 1.54) is 0 Å². The van der Waals surface area contributed by atoms with Crippen LogP contribution < -0.4 is 5.32 Å². The fourth-order valence-corrected chi connectivity index (χ4v) is 2.03. The lowest BCUT2D eigenvalue weighted by Gasteiger charge is -2.33. The molecule has 2 heterocycles. The molecule has 1 amide bonds. The van der Waals surface area contributed by atoms with Crippen molar-refractivity contribution in [1.82, 2.24) is 19.8 Å². The van der Waals surface area contributed by atoms with E-state index in [4.69, 9.17) is 5.11 Å². The van der Waals surface area contributed by atoms with Gasteiger partial charge in [-0.1, -0.05) is 0 Å². The summed E-state index contributed by atoms with van der Waals surface area (Å²) in [6.45, 7) is 2.98. The Morgan fingerprint density at radius 2 is 1.65 bits per heavy atom. The first kappa shape index (κ1) is 14.4. The van der Waals surface area contributed by atoms with Crippen LogP contribution in [-0.2, 0) is 9.59 Å². The minimum atomic E-state index is -0.822. The Bertz CT molecular complexity index is 459. The van der Waals surface area contributed by atoms with Crippen molar-refractivity contribution < 1.29 is 14.7 Å². The standard InChI is InChI=1S/C12H17N5O3/c18-10(15-12-13-2-1-3-14-12)8-16-4-6-17(7-5-16)9-11(19)20/h1-3H,4-9H2,(H,19,20)(H,13,14,15,18). The normalized spacial score (nSPS) is 16.8. The smallest absolute Gasteiger partial charge is 0.317 e. The van der Waals surface area contributed by atoms with Crippen LogP contribution in [0.4, 0.5) is 5.95 Å². The second kappa shape index (κ2) is 6.92. The number of anilines is 1. The summed E-state index contributed by atoms with van der Waals surface area (Å²) in [5, 5.41) is 11.3. The molecule has 2 N–H and O–H groups in total. The van der Waals surface area contributed by atoms with Crippen LogP contribution in [0, 0.1) is 0 Å². The maximum absolute atomic E-state index is 11.8. The highest BCUT2D eigenvalue weighted by molar-refractivity contribution is 5.90. The van der Waals surface area contributed by atoms with Crippen molar-refractivity contribution >= 4 is 17.8 Å². The summed E-state index contributed by atoms with van der Waals surface area (Å²) in [5.74, 6) is -0.692. The van der Waals surface area contributed by atoms with Crippen LogP contribution >= 0.6 is 0 Å². The first-order chi connectivity index (χ1) is 9.63. The first-order valence-corrected chi connectivity index (χ1v) is 6.37. The van der Waals surface area contributed by atoms with E-state index in [-0.39, 0.29) is 19.0 Å². The highest BCUT2D eigenvalue weighted by Crippen LogP contribution is 2.02. The fraction of sp³-hybridized carbons (Fsp3) is 0.500. The summed E-state index contributed by atoms with van der Waals surface area (Å²) in [6, 6.07) is 1.68. The van der Waals surface area contributed by atoms with Crippen molar-refractivity contribution in [2.24, 2.45) is 0 Å². The number of amides is 1. The van der Waals surface area contributed by atoms with Crippen molar-refractivity contribution in [3.8, 4) is 0 Å². The van der Waals surface area contributed by atoms with Gasteiger partial charge >= 0.3 is 5.97 Å². The number of rotatable bonds is 5. The number of carboxylic acid groups (broad SMARTS) is 1. The zero-order valence-electron chi connectivity index (χ0n) is 11.0. The van der Waals surface area contributed by atoms with E-state index in [0.717, 1.165) is 0 Å². The number of aromatic nitrogens is 2. The predicted octanol–water partition coefficient (Wildman–Crippen LogP) is -0.883. The van der Waals surface area contributed by atoms with Crippen LogP contribution in [0.3, 0.4) is 0 Å². The lowest BCUT2D eigenvalue weighted by atomic mass is 10.3. The molecule has 1 aromatic rings. The van der Waals surface area contributed by atoms with Gasteiger partial charge in [-0.05, 0) is 6.07 Å². The van der Waals surface area contributed by atoms with Gasteiger partial charge in [-0.25, -0.2) is 9.97 Å². The molecule has 0 aliphatic carbocycles. The minimum Gasteiger partial charge on any atom is -0.480 e. The van der Waals surface area contributed by atoms with Gasteiger partial charge in [0.1, 0.15) is 0 Å². The number of nitrogens with one attached hydrogen (secondary N) is 1. The zero-order chi connectivity index (χ0) is 14.4. The molecule has 1 aliphatic rings. The van der Waals surface area contributed by atoms with E-state index >= 15 is 0 Å². The molecule has 0 aromatic carbocycles. The Morgan fingerprint density at radius 1 is 1.10 bits per heavy atom. The van der Waals surface area contributed by atoms with Crippen molar-refractivity contribution in [2.45, 2.75) is 0 Å². The van der Waals surface area contributed by atoms with Gasteiger partial charge < -0.3 is 5.11 Å². The van der Waals surface area contributed by atoms with Gasteiger partial charge in [0.25, 0.3) is 0 Å². The molecule has 1 aliphatic heterocycles. The molecule has 8 heteroatoms. The van der Waals surface area contributed by atoms with Gasteiger partial charge in [0.15, 0.2) is 0 Å². The predicted molar refractivity (Wildman–Crippen MR) is 71.2 cm³/mol. The van der Waals surface area contributed by atoms with Crippen LogP contribution in [0.1, 0.15) is 0 Å². The average molecular weight is 279 g/mol. The Kier molecular flexibility index (Phi) is 4.97. The second-order valence-electron chi connectivity index (χ2n) is 4.57. The molecule has 0 unspecified atom stereocenters. The van der Waals surface area contributed by atoms with E-state index in [1.807, 2.05) is 9.80 Å². The van der Waals surface area contributed by atoms with E-state index in [2.05, 4.69) is 15.3 Å². The topological polar surface area (TPSA) is 98.7 Å². The van der Waals surface area contributed by atoms with Crippen LogP contribution in [0.5, 0.6) is 0 Å². The number of carboxylic acids is 1. The third kappa shape index (κ3) is 4.56. The Balaban J connectivity index is 1.72. The molecule has 0 spiro atoms. The molecular weight excluding hydrogens is 262 g/mol. The number of carbonyl (C=O) groups is 2. The molecular formula is C12H17N5O3. The van der Waals surface area contributed by atoms with Gasteiger partial charge in [-0.15, -0.1) is 0 Å². The van der Waals surface area contributed by atoms with Crippen molar-refractivity contribution in [2.75, 3.05) is 44.6 Å². The van der Waals surface area contributed by atoms with Gasteiger partial charge in [0.05, 0.1) is 13.1 Å². The number of hydrogen-bond acceptors (Lipinski definition) is 6. The maximum Gasteiger partial charge on any atom is 0.317 e. The molecule has 1 aromatic heterocycles. The Labute approximate surface area is 116 Å². The minimum absolute atomic E-state index is 0.0535. The average Bonchev–Trinajstić information content (AvgIpc) is 2.41. The summed E-state index contributed by atoms with van der Waals surface area (Å²) in [5.41, 5.74) is 0. The fourth-order valence-electron chi connectivity index (χ4n) is 2.03. The molecule has 0 bridgehead atoms. The molecule has 0 radical (unpaired) electrons. The monoisotopic (exact) mass is 279 g/mol. The number of nitrogens with zero attached hydrogens (tertiary/aromatic N) is 4. The quantitative estimate of drug-likeness (QED) is 0.722. The van der Waals surface area contributed by atoms with E-state index in [1.54, 1.807) is 18.5 Å². The molecule has 1 saturated heterocycles. The van der Waals surface area contributed by atoms with Crippen LogP contribution in [0.2, 0.25) is 0 Å². The van der Waals surface area contributed by atoms with E-state index in [0.29, 0.717) is 32.1 Å². The SMILES string of the molecule is O=C(O)CN1CCN(CC(=O)Nc2ncccn2)CC1. The van der Waals surface area contributed by atoms with Crippen molar-refractivity contribution in [3.05, 3.63) is 18.5 Å². The Hall–Kier alpha value is -2.06. The van der Waals surface area contributed by atoms with Crippen LogP contribution in [0.25, 0.3) is 0 Å². The first-order valence-electron chi connectivity index (χ1n) is 6.37. The number of carbonyl (C=O) groups excluding carboxylic acids is 1. The second-order valence-corrected chi connectivity index (χ2v) is 4.57. The molecule has 20 heavy (non-hydrogen) atoms. The Morgan fingerprint density at radius 3 is 2.20 bits per heavy atom. The molecule has 0 saturated carbocycles. The molecule has 0 atom stereocenters.